The van der Waals surface area contributed by atoms with Crippen LogP contribution in [-0.4, -0.2) is 42.0 Å². The van der Waals surface area contributed by atoms with E-state index in [9.17, 15) is 4.79 Å². The smallest absolute Gasteiger partial charge is 0.228 e. The standard InChI is InChI=1S/C21H20ClN3OS/c22-18-8-4-5-9-19(18)24-10-12-25(13-11-24)20(26)14-17-15-27-21(23-17)16-6-2-1-3-7-16/h1-9,15H,10-14H2. The van der Waals surface area contributed by atoms with Crippen LogP contribution in [0.15, 0.2) is 60.0 Å². The van der Waals surface area contributed by atoms with Crippen molar-refractivity contribution < 1.29 is 4.79 Å². The Kier molecular flexibility index (Phi) is 5.41. The zero-order chi connectivity index (χ0) is 18.6. The lowest BCUT2D eigenvalue weighted by Gasteiger charge is -2.36. The number of hydrogen-bond donors (Lipinski definition) is 0. The van der Waals surface area contributed by atoms with E-state index in [1.807, 2.05) is 64.9 Å². The number of nitrogens with zero attached hydrogens (tertiary/aromatic N) is 3. The highest BCUT2D eigenvalue weighted by molar-refractivity contribution is 7.13. The van der Waals surface area contributed by atoms with Crippen LogP contribution in [0.4, 0.5) is 5.69 Å². The van der Waals surface area contributed by atoms with E-state index in [4.69, 9.17) is 11.6 Å². The zero-order valence-corrected chi connectivity index (χ0v) is 16.4. The Morgan fingerprint density at radius 3 is 2.44 bits per heavy atom. The third-order valence-electron chi connectivity index (χ3n) is 4.73. The van der Waals surface area contributed by atoms with E-state index >= 15 is 0 Å². The number of amides is 1. The summed E-state index contributed by atoms with van der Waals surface area (Å²) in [5.74, 6) is 0.138. The van der Waals surface area contributed by atoms with Crippen LogP contribution in [0.1, 0.15) is 5.69 Å². The second kappa shape index (κ2) is 8.11. The summed E-state index contributed by atoms with van der Waals surface area (Å²) < 4.78 is 0. The molecule has 1 fully saturated rings. The number of hydrogen-bond acceptors (Lipinski definition) is 4. The molecule has 0 N–H and O–H groups in total. The minimum atomic E-state index is 0.138. The maximum Gasteiger partial charge on any atom is 0.228 e. The van der Waals surface area contributed by atoms with Gasteiger partial charge in [-0.25, -0.2) is 4.98 Å². The van der Waals surface area contributed by atoms with Crippen LogP contribution >= 0.6 is 22.9 Å². The quantitative estimate of drug-likeness (QED) is 0.656. The van der Waals surface area contributed by atoms with Gasteiger partial charge in [0.05, 0.1) is 22.8 Å². The number of rotatable bonds is 4. The summed E-state index contributed by atoms with van der Waals surface area (Å²) in [7, 11) is 0. The number of carbonyl (C=O) groups is 1. The topological polar surface area (TPSA) is 36.4 Å². The minimum Gasteiger partial charge on any atom is -0.367 e. The molecule has 0 aliphatic carbocycles. The molecule has 0 spiro atoms. The largest absolute Gasteiger partial charge is 0.367 e. The molecule has 0 saturated carbocycles. The highest BCUT2D eigenvalue weighted by Crippen LogP contribution is 2.26. The molecule has 1 aliphatic rings. The molecule has 4 nitrogen and oxygen atoms in total. The van der Waals surface area contributed by atoms with E-state index in [0.29, 0.717) is 19.5 Å². The number of thiazole rings is 1. The van der Waals surface area contributed by atoms with Crippen molar-refractivity contribution in [1.29, 1.82) is 0 Å². The Balaban J connectivity index is 1.35. The van der Waals surface area contributed by atoms with Gasteiger partial charge in [0, 0.05) is 37.1 Å². The van der Waals surface area contributed by atoms with E-state index in [-0.39, 0.29) is 5.91 Å². The molecule has 2 aromatic carbocycles. The molecular weight excluding hydrogens is 378 g/mol. The van der Waals surface area contributed by atoms with Gasteiger partial charge in [0.1, 0.15) is 5.01 Å². The first-order chi connectivity index (χ1) is 13.2. The Hall–Kier alpha value is -2.37. The summed E-state index contributed by atoms with van der Waals surface area (Å²) in [6, 6.07) is 17.9. The molecule has 3 aromatic rings. The number of piperazine rings is 1. The summed E-state index contributed by atoms with van der Waals surface area (Å²) in [5.41, 5.74) is 2.98. The SMILES string of the molecule is O=C(Cc1csc(-c2ccccc2)n1)N1CCN(c2ccccc2Cl)CC1. The van der Waals surface area contributed by atoms with Gasteiger partial charge in [0.15, 0.2) is 0 Å². The summed E-state index contributed by atoms with van der Waals surface area (Å²) in [4.78, 5) is 21.5. The van der Waals surface area contributed by atoms with Crippen LogP contribution in [-0.2, 0) is 11.2 Å². The first-order valence-electron chi connectivity index (χ1n) is 8.98. The van der Waals surface area contributed by atoms with E-state index in [2.05, 4.69) is 9.88 Å². The van der Waals surface area contributed by atoms with E-state index < -0.39 is 0 Å². The molecule has 0 unspecified atom stereocenters. The predicted molar refractivity (Wildman–Crippen MR) is 111 cm³/mol. The number of para-hydroxylation sites is 1. The third-order valence-corrected chi connectivity index (χ3v) is 5.99. The number of anilines is 1. The van der Waals surface area contributed by atoms with Crippen molar-refractivity contribution in [1.82, 2.24) is 9.88 Å². The van der Waals surface area contributed by atoms with Gasteiger partial charge in [0.2, 0.25) is 5.91 Å². The van der Waals surface area contributed by atoms with Crippen molar-refractivity contribution in [2.24, 2.45) is 0 Å². The van der Waals surface area contributed by atoms with Gasteiger partial charge in [0.25, 0.3) is 0 Å². The first kappa shape index (κ1) is 18.0. The summed E-state index contributed by atoms with van der Waals surface area (Å²) in [6.45, 7) is 3.00. The Bertz CT molecular complexity index is 920. The highest BCUT2D eigenvalue weighted by atomic mass is 35.5. The number of halogens is 1. The van der Waals surface area contributed by atoms with Gasteiger partial charge in [-0.3, -0.25) is 4.79 Å². The molecular formula is C21H20ClN3OS. The second-order valence-corrected chi connectivity index (χ2v) is 7.77. The fourth-order valence-electron chi connectivity index (χ4n) is 3.27. The molecule has 1 aliphatic heterocycles. The fraction of sp³-hybridized carbons (Fsp3) is 0.238. The number of aromatic nitrogens is 1. The third kappa shape index (κ3) is 4.15. The lowest BCUT2D eigenvalue weighted by Crippen LogP contribution is -2.49. The van der Waals surface area contributed by atoms with Crippen molar-refractivity contribution in [3.8, 4) is 10.6 Å². The minimum absolute atomic E-state index is 0.138. The molecule has 6 heteroatoms. The molecule has 138 valence electrons. The zero-order valence-electron chi connectivity index (χ0n) is 14.8. The number of benzene rings is 2. The van der Waals surface area contributed by atoms with Crippen LogP contribution in [0.2, 0.25) is 5.02 Å². The summed E-state index contributed by atoms with van der Waals surface area (Å²) in [5, 5.41) is 3.70. The van der Waals surface area contributed by atoms with Crippen LogP contribution in [0.5, 0.6) is 0 Å². The lowest BCUT2D eigenvalue weighted by molar-refractivity contribution is -0.130. The van der Waals surface area contributed by atoms with Crippen molar-refractivity contribution in [2.75, 3.05) is 31.1 Å². The first-order valence-corrected chi connectivity index (χ1v) is 10.2. The molecule has 1 aromatic heterocycles. The Morgan fingerprint density at radius 2 is 1.70 bits per heavy atom. The molecule has 1 saturated heterocycles. The van der Waals surface area contributed by atoms with Crippen molar-refractivity contribution >= 4 is 34.5 Å². The average Bonchev–Trinajstić information content (AvgIpc) is 3.18. The average molecular weight is 398 g/mol. The predicted octanol–water partition coefficient (Wildman–Crippen LogP) is 4.35. The molecule has 1 amide bonds. The van der Waals surface area contributed by atoms with Gasteiger partial charge in [-0.1, -0.05) is 54.1 Å². The van der Waals surface area contributed by atoms with Crippen LogP contribution < -0.4 is 4.90 Å². The fourth-order valence-corrected chi connectivity index (χ4v) is 4.35. The van der Waals surface area contributed by atoms with Crippen molar-refractivity contribution in [3.05, 3.63) is 70.7 Å². The highest BCUT2D eigenvalue weighted by Gasteiger charge is 2.23. The molecule has 0 atom stereocenters. The van der Waals surface area contributed by atoms with Gasteiger partial charge in [-0.05, 0) is 12.1 Å². The summed E-state index contributed by atoms with van der Waals surface area (Å²) >= 11 is 7.87. The van der Waals surface area contributed by atoms with Gasteiger partial charge >= 0.3 is 0 Å². The van der Waals surface area contributed by atoms with Gasteiger partial charge < -0.3 is 9.80 Å². The molecule has 4 rings (SSSR count). The Morgan fingerprint density at radius 1 is 1.00 bits per heavy atom. The van der Waals surface area contributed by atoms with E-state index in [1.54, 1.807) is 11.3 Å². The van der Waals surface area contributed by atoms with Gasteiger partial charge in [-0.2, -0.15) is 0 Å². The monoisotopic (exact) mass is 397 g/mol. The molecule has 2 heterocycles. The van der Waals surface area contributed by atoms with Crippen LogP contribution in [0.3, 0.4) is 0 Å². The molecule has 27 heavy (non-hydrogen) atoms. The van der Waals surface area contributed by atoms with E-state index in [0.717, 1.165) is 40.1 Å². The maximum absolute atomic E-state index is 12.7. The summed E-state index contributed by atoms with van der Waals surface area (Å²) in [6.07, 6.45) is 0.357. The van der Waals surface area contributed by atoms with Crippen molar-refractivity contribution in [3.63, 3.8) is 0 Å². The van der Waals surface area contributed by atoms with Crippen LogP contribution in [0.25, 0.3) is 10.6 Å². The molecule has 0 radical (unpaired) electrons. The normalized spacial score (nSPS) is 14.4. The van der Waals surface area contributed by atoms with E-state index in [1.165, 1.54) is 0 Å². The maximum atomic E-state index is 12.7. The number of carbonyl (C=O) groups excluding carboxylic acids is 1. The van der Waals surface area contributed by atoms with Gasteiger partial charge in [-0.15, -0.1) is 11.3 Å². The second-order valence-electron chi connectivity index (χ2n) is 6.51. The van der Waals surface area contributed by atoms with Crippen molar-refractivity contribution in [2.45, 2.75) is 6.42 Å². The lowest BCUT2D eigenvalue weighted by atomic mass is 10.2. The molecule has 0 bridgehead atoms. The van der Waals surface area contributed by atoms with Crippen LogP contribution in [0, 0.1) is 0 Å². The Labute approximate surface area is 168 Å².